The summed E-state index contributed by atoms with van der Waals surface area (Å²) in [6.07, 6.45) is 0.138. The monoisotopic (exact) mass is 421 g/mol. The lowest BCUT2D eigenvalue weighted by Crippen LogP contribution is -2.49. The number of carbonyl (C=O) groups excluding carboxylic acids is 2. The van der Waals surface area contributed by atoms with E-state index in [9.17, 15) is 9.59 Å². The maximum atomic E-state index is 12.0. The first-order chi connectivity index (χ1) is 13.4. The van der Waals surface area contributed by atoms with Crippen molar-refractivity contribution in [2.75, 3.05) is 13.7 Å². The van der Waals surface area contributed by atoms with E-state index in [4.69, 9.17) is 33.3 Å². The van der Waals surface area contributed by atoms with E-state index in [-0.39, 0.29) is 24.0 Å². The van der Waals surface area contributed by atoms with E-state index in [0.717, 1.165) is 11.1 Å². The van der Waals surface area contributed by atoms with Gasteiger partial charge in [0.15, 0.2) is 11.7 Å². The van der Waals surface area contributed by atoms with Crippen molar-refractivity contribution >= 4 is 40.7 Å². The summed E-state index contributed by atoms with van der Waals surface area (Å²) in [5, 5.41) is 3.08. The third kappa shape index (κ3) is 7.05. The molecule has 2 aromatic rings. The second-order valence-corrected chi connectivity index (χ2v) is 6.59. The minimum absolute atomic E-state index is 0.0193. The van der Waals surface area contributed by atoms with Crippen LogP contribution in [-0.4, -0.2) is 30.6 Å². The standard InChI is InChI=1S/C19H20ClN3O4S/c1-12-9-15(7-8-16(12)20)27-11-18(25)22-23-19(28)21-17(24)10-13-3-5-14(26-2)6-4-13/h3-9H,10-11H2,1-2H3,(H,22,25)(H2,21,23,24,28). The summed E-state index contributed by atoms with van der Waals surface area (Å²) in [5.41, 5.74) is 6.45. The van der Waals surface area contributed by atoms with Gasteiger partial charge in [-0.1, -0.05) is 23.7 Å². The van der Waals surface area contributed by atoms with Gasteiger partial charge in [0, 0.05) is 5.02 Å². The van der Waals surface area contributed by atoms with Gasteiger partial charge in [0.1, 0.15) is 11.5 Å². The molecule has 3 N–H and O–H groups in total. The summed E-state index contributed by atoms with van der Waals surface area (Å²) < 4.78 is 10.4. The molecule has 0 saturated heterocycles. The Morgan fingerprint density at radius 2 is 1.71 bits per heavy atom. The molecule has 0 unspecified atom stereocenters. The minimum atomic E-state index is -0.459. The van der Waals surface area contributed by atoms with Crippen LogP contribution in [0.15, 0.2) is 42.5 Å². The number of halogens is 1. The van der Waals surface area contributed by atoms with Crippen molar-refractivity contribution in [3.05, 3.63) is 58.6 Å². The molecule has 0 atom stereocenters. The Morgan fingerprint density at radius 3 is 2.36 bits per heavy atom. The number of amides is 2. The number of ether oxygens (including phenoxy) is 2. The zero-order valence-corrected chi connectivity index (χ0v) is 16.9. The zero-order valence-electron chi connectivity index (χ0n) is 15.4. The van der Waals surface area contributed by atoms with Crippen molar-refractivity contribution in [3.8, 4) is 11.5 Å². The van der Waals surface area contributed by atoms with Crippen molar-refractivity contribution in [1.82, 2.24) is 16.2 Å². The van der Waals surface area contributed by atoms with Crippen molar-refractivity contribution in [1.29, 1.82) is 0 Å². The normalized spacial score (nSPS) is 9.96. The molecule has 0 aliphatic carbocycles. The molecule has 0 saturated carbocycles. The van der Waals surface area contributed by atoms with E-state index in [2.05, 4.69) is 16.2 Å². The lowest BCUT2D eigenvalue weighted by Gasteiger charge is -2.12. The molecule has 2 rings (SSSR count). The summed E-state index contributed by atoms with van der Waals surface area (Å²) >= 11 is 10.9. The van der Waals surface area contributed by atoms with Gasteiger partial charge in [-0.15, -0.1) is 0 Å². The van der Waals surface area contributed by atoms with Gasteiger partial charge in [-0.25, -0.2) is 0 Å². The van der Waals surface area contributed by atoms with E-state index in [0.29, 0.717) is 16.5 Å². The first-order valence-electron chi connectivity index (χ1n) is 8.28. The number of carbonyl (C=O) groups is 2. The Bertz CT molecular complexity index is 859. The molecule has 28 heavy (non-hydrogen) atoms. The van der Waals surface area contributed by atoms with Crippen LogP contribution < -0.4 is 25.6 Å². The number of thiocarbonyl (C=S) groups is 1. The van der Waals surface area contributed by atoms with Crippen LogP contribution in [0, 0.1) is 6.92 Å². The number of methoxy groups -OCH3 is 1. The van der Waals surface area contributed by atoms with E-state index in [1.807, 2.05) is 6.92 Å². The van der Waals surface area contributed by atoms with E-state index in [1.165, 1.54) is 0 Å². The third-order valence-electron chi connectivity index (χ3n) is 3.59. The van der Waals surface area contributed by atoms with Crippen molar-refractivity contribution < 1.29 is 19.1 Å². The van der Waals surface area contributed by atoms with Gasteiger partial charge in [0.25, 0.3) is 5.91 Å². The molecule has 0 fully saturated rings. The van der Waals surface area contributed by atoms with Gasteiger partial charge in [-0.05, 0) is 60.6 Å². The molecule has 0 aliphatic rings. The highest BCUT2D eigenvalue weighted by Crippen LogP contribution is 2.20. The molecule has 0 heterocycles. The summed E-state index contributed by atoms with van der Waals surface area (Å²) in [7, 11) is 1.57. The minimum Gasteiger partial charge on any atom is -0.497 e. The second-order valence-electron chi connectivity index (χ2n) is 5.77. The predicted octanol–water partition coefficient (Wildman–Crippen LogP) is 2.30. The lowest BCUT2D eigenvalue weighted by atomic mass is 10.1. The summed E-state index contributed by atoms with van der Waals surface area (Å²) in [5.74, 6) is 0.455. The number of hydrogen-bond donors (Lipinski definition) is 3. The highest BCUT2D eigenvalue weighted by Gasteiger charge is 2.08. The fourth-order valence-corrected chi connectivity index (χ4v) is 2.43. The van der Waals surface area contributed by atoms with Crippen LogP contribution in [0.4, 0.5) is 0 Å². The predicted molar refractivity (Wildman–Crippen MR) is 110 cm³/mol. The summed E-state index contributed by atoms with van der Waals surface area (Å²) in [6, 6.07) is 12.2. The van der Waals surface area contributed by atoms with Gasteiger partial charge in [-0.3, -0.25) is 20.4 Å². The van der Waals surface area contributed by atoms with Crippen molar-refractivity contribution in [2.24, 2.45) is 0 Å². The SMILES string of the molecule is COc1ccc(CC(=O)NC(=S)NNC(=O)COc2ccc(Cl)c(C)c2)cc1. The van der Waals surface area contributed by atoms with Crippen LogP contribution in [0.3, 0.4) is 0 Å². The van der Waals surface area contributed by atoms with Crippen LogP contribution in [0.5, 0.6) is 11.5 Å². The fourth-order valence-electron chi connectivity index (χ4n) is 2.15. The number of aryl methyl sites for hydroxylation is 1. The highest BCUT2D eigenvalue weighted by molar-refractivity contribution is 7.80. The molecule has 2 aromatic carbocycles. The molecule has 148 valence electrons. The van der Waals surface area contributed by atoms with Gasteiger partial charge < -0.3 is 14.8 Å². The van der Waals surface area contributed by atoms with Crippen LogP contribution in [0.25, 0.3) is 0 Å². The van der Waals surface area contributed by atoms with Crippen LogP contribution in [-0.2, 0) is 16.0 Å². The number of hydrogen-bond acceptors (Lipinski definition) is 5. The van der Waals surface area contributed by atoms with Crippen molar-refractivity contribution in [3.63, 3.8) is 0 Å². The molecular weight excluding hydrogens is 402 g/mol. The summed E-state index contributed by atoms with van der Waals surface area (Å²) in [6.45, 7) is 1.61. The summed E-state index contributed by atoms with van der Waals surface area (Å²) in [4.78, 5) is 23.8. The molecule has 0 aliphatic heterocycles. The third-order valence-corrected chi connectivity index (χ3v) is 4.22. The zero-order chi connectivity index (χ0) is 20.5. The van der Waals surface area contributed by atoms with E-state index in [1.54, 1.807) is 49.6 Å². The molecule has 0 radical (unpaired) electrons. The maximum absolute atomic E-state index is 12.0. The van der Waals surface area contributed by atoms with Crippen molar-refractivity contribution in [2.45, 2.75) is 13.3 Å². The quantitative estimate of drug-likeness (QED) is 0.490. The molecule has 2 amide bonds. The maximum Gasteiger partial charge on any atom is 0.276 e. The smallest absolute Gasteiger partial charge is 0.276 e. The molecule has 0 spiro atoms. The van der Waals surface area contributed by atoms with Gasteiger partial charge >= 0.3 is 0 Å². The Labute approximate surface area is 173 Å². The van der Waals surface area contributed by atoms with Gasteiger partial charge in [0.05, 0.1) is 13.5 Å². The Morgan fingerprint density at radius 1 is 1.04 bits per heavy atom. The number of rotatable bonds is 6. The van der Waals surface area contributed by atoms with E-state index >= 15 is 0 Å². The van der Waals surface area contributed by atoms with E-state index < -0.39 is 5.91 Å². The Balaban J connectivity index is 1.69. The Hall–Kier alpha value is -2.84. The first kappa shape index (κ1) is 21.5. The van der Waals surface area contributed by atoms with Gasteiger partial charge in [0.2, 0.25) is 5.91 Å². The largest absolute Gasteiger partial charge is 0.497 e. The first-order valence-corrected chi connectivity index (χ1v) is 9.06. The molecule has 7 nitrogen and oxygen atoms in total. The lowest BCUT2D eigenvalue weighted by molar-refractivity contribution is -0.124. The molecule has 9 heteroatoms. The average molecular weight is 422 g/mol. The van der Waals surface area contributed by atoms with Crippen LogP contribution >= 0.6 is 23.8 Å². The number of benzene rings is 2. The average Bonchev–Trinajstić information content (AvgIpc) is 2.67. The second kappa shape index (κ2) is 10.5. The highest BCUT2D eigenvalue weighted by atomic mass is 35.5. The Kier molecular flexibility index (Phi) is 8.03. The fraction of sp³-hybridized carbons (Fsp3) is 0.211. The van der Waals surface area contributed by atoms with Crippen LogP contribution in [0.2, 0.25) is 5.02 Å². The van der Waals surface area contributed by atoms with Gasteiger partial charge in [-0.2, -0.15) is 0 Å². The molecular formula is C19H20ClN3O4S. The number of hydrazine groups is 1. The van der Waals surface area contributed by atoms with Crippen LogP contribution in [0.1, 0.15) is 11.1 Å². The topological polar surface area (TPSA) is 88.7 Å². The molecule has 0 aromatic heterocycles. The molecule has 0 bridgehead atoms. The number of nitrogens with one attached hydrogen (secondary N) is 3.